The predicted molar refractivity (Wildman–Crippen MR) is 74.0 cm³/mol. The van der Waals surface area contributed by atoms with Gasteiger partial charge >= 0.3 is 5.97 Å². The second-order valence-electron chi connectivity index (χ2n) is 4.98. The molecule has 2 aromatic rings. The number of benzene rings is 2. The van der Waals surface area contributed by atoms with Crippen LogP contribution in [0, 0.1) is 5.92 Å². The fourth-order valence-electron chi connectivity index (χ4n) is 2.38. The molecular weight excluding hydrogens is 236 g/mol. The highest BCUT2D eigenvalue weighted by Crippen LogP contribution is 2.47. The normalized spacial score (nSPS) is 20.8. The first-order chi connectivity index (χ1) is 9.34. The maximum absolute atomic E-state index is 11.8. The first kappa shape index (κ1) is 12.0. The lowest BCUT2D eigenvalue weighted by atomic mass is 10.1. The molecule has 0 N–H and O–H groups in total. The van der Waals surface area contributed by atoms with Crippen molar-refractivity contribution in [2.75, 3.05) is 6.61 Å². The van der Waals surface area contributed by atoms with Gasteiger partial charge < -0.3 is 4.74 Å². The monoisotopic (exact) mass is 252 g/mol. The molecule has 1 aliphatic rings. The van der Waals surface area contributed by atoms with Gasteiger partial charge in [-0.25, -0.2) is 4.79 Å². The summed E-state index contributed by atoms with van der Waals surface area (Å²) in [6, 6.07) is 19.6. The second-order valence-corrected chi connectivity index (χ2v) is 4.98. The summed E-state index contributed by atoms with van der Waals surface area (Å²) in [5.41, 5.74) is 1.97. The van der Waals surface area contributed by atoms with E-state index < -0.39 is 0 Å². The van der Waals surface area contributed by atoms with Crippen molar-refractivity contribution in [2.45, 2.75) is 12.3 Å². The SMILES string of the molecule is O=C(OC[C@H]1C[C@H]1c1ccccc1)c1ccccc1. The standard InChI is InChI=1S/C17H16O2/c18-17(14-9-5-2-6-10-14)19-12-15-11-16(15)13-7-3-1-4-8-13/h1-10,15-16H,11-12H2/t15-,16+/m1/s1. The summed E-state index contributed by atoms with van der Waals surface area (Å²) in [6.45, 7) is 0.521. The molecule has 3 rings (SSSR count). The van der Waals surface area contributed by atoms with Crippen LogP contribution in [-0.4, -0.2) is 12.6 Å². The Morgan fingerprint density at radius 3 is 2.32 bits per heavy atom. The minimum atomic E-state index is -0.223. The molecule has 0 heterocycles. The molecule has 19 heavy (non-hydrogen) atoms. The van der Waals surface area contributed by atoms with Gasteiger partial charge in [0.05, 0.1) is 12.2 Å². The largest absolute Gasteiger partial charge is 0.462 e. The van der Waals surface area contributed by atoms with E-state index in [2.05, 4.69) is 24.3 Å². The van der Waals surface area contributed by atoms with Gasteiger partial charge in [0.25, 0.3) is 0 Å². The van der Waals surface area contributed by atoms with Crippen molar-refractivity contribution in [1.82, 2.24) is 0 Å². The van der Waals surface area contributed by atoms with Crippen LogP contribution in [0.2, 0.25) is 0 Å². The summed E-state index contributed by atoms with van der Waals surface area (Å²) in [6.07, 6.45) is 1.12. The molecule has 96 valence electrons. The maximum Gasteiger partial charge on any atom is 0.338 e. The molecule has 0 spiro atoms. The van der Waals surface area contributed by atoms with Crippen LogP contribution in [0.5, 0.6) is 0 Å². The van der Waals surface area contributed by atoms with Gasteiger partial charge in [-0.2, -0.15) is 0 Å². The van der Waals surface area contributed by atoms with Crippen LogP contribution in [0.3, 0.4) is 0 Å². The molecule has 2 nitrogen and oxygen atoms in total. The Morgan fingerprint density at radius 2 is 1.63 bits per heavy atom. The number of hydrogen-bond acceptors (Lipinski definition) is 2. The third-order valence-corrected chi connectivity index (χ3v) is 3.59. The van der Waals surface area contributed by atoms with E-state index in [1.54, 1.807) is 12.1 Å². The summed E-state index contributed by atoms with van der Waals surface area (Å²) < 4.78 is 5.36. The molecule has 0 aromatic heterocycles. The predicted octanol–water partition coefficient (Wildman–Crippen LogP) is 3.65. The highest BCUT2D eigenvalue weighted by Gasteiger charge is 2.39. The van der Waals surface area contributed by atoms with Gasteiger partial charge in [-0.05, 0) is 30.0 Å². The van der Waals surface area contributed by atoms with E-state index in [1.807, 2.05) is 24.3 Å². The van der Waals surface area contributed by atoms with Gasteiger partial charge in [0.15, 0.2) is 0 Å². The molecule has 0 unspecified atom stereocenters. The van der Waals surface area contributed by atoms with Gasteiger partial charge in [0, 0.05) is 5.92 Å². The average molecular weight is 252 g/mol. The topological polar surface area (TPSA) is 26.3 Å². The Labute approximate surface area is 113 Å². The summed E-state index contributed by atoms with van der Waals surface area (Å²) in [5.74, 6) is 0.819. The third kappa shape index (κ3) is 2.84. The lowest BCUT2D eigenvalue weighted by molar-refractivity contribution is 0.0484. The zero-order valence-electron chi connectivity index (χ0n) is 10.7. The van der Waals surface area contributed by atoms with E-state index in [0.717, 1.165) is 6.42 Å². The number of carbonyl (C=O) groups is 1. The Balaban J connectivity index is 1.51. The number of hydrogen-bond donors (Lipinski definition) is 0. The summed E-state index contributed by atoms with van der Waals surface area (Å²) in [4.78, 5) is 11.8. The van der Waals surface area contributed by atoms with E-state index in [0.29, 0.717) is 24.0 Å². The molecule has 1 fully saturated rings. The van der Waals surface area contributed by atoms with Crippen molar-refractivity contribution in [3.8, 4) is 0 Å². The van der Waals surface area contributed by atoms with E-state index >= 15 is 0 Å². The fourth-order valence-corrected chi connectivity index (χ4v) is 2.38. The molecule has 0 saturated heterocycles. The average Bonchev–Trinajstić information content (AvgIpc) is 3.26. The Kier molecular flexibility index (Phi) is 3.32. The second kappa shape index (κ2) is 5.27. The number of esters is 1. The quantitative estimate of drug-likeness (QED) is 0.776. The molecule has 0 radical (unpaired) electrons. The van der Waals surface area contributed by atoms with Crippen molar-refractivity contribution < 1.29 is 9.53 Å². The van der Waals surface area contributed by atoms with E-state index in [-0.39, 0.29) is 5.97 Å². The Morgan fingerprint density at radius 1 is 1.00 bits per heavy atom. The molecule has 2 heteroatoms. The first-order valence-electron chi connectivity index (χ1n) is 6.62. The van der Waals surface area contributed by atoms with Gasteiger partial charge in [0.1, 0.15) is 0 Å². The Bertz CT molecular complexity index is 548. The minimum absolute atomic E-state index is 0.223. The lowest BCUT2D eigenvalue weighted by Gasteiger charge is -2.04. The highest BCUT2D eigenvalue weighted by atomic mass is 16.5. The highest BCUT2D eigenvalue weighted by molar-refractivity contribution is 5.89. The van der Waals surface area contributed by atoms with Crippen LogP contribution in [0.4, 0.5) is 0 Å². The van der Waals surface area contributed by atoms with Gasteiger partial charge in [0.2, 0.25) is 0 Å². The van der Waals surface area contributed by atoms with E-state index in [9.17, 15) is 4.79 Å². The van der Waals surface area contributed by atoms with Crippen molar-refractivity contribution in [3.05, 3.63) is 71.8 Å². The minimum Gasteiger partial charge on any atom is -0.462 e. The van der Waals surface area contributed by atoms with Crippen LogP contribution in [0.1, 0.15) is 28.3 Å². The van der Waals surface area contributed by atoms with Crippen molar-refractivity contribution >= 4 is 5.97 Å². The van der Waals surface area contributed by atoms with Gasteiger partial charge in [-0.15, -0.1) is 0 Å². The zero-order valence-corrected chi connectivity index (χ0v) is 10.7. The first-order valence-corrected chi connectivity index (χ1v) is 6.62. The van der Waals surface area contributed by atoms with E-state index in [1.165, 1.54) is 5.56 Å². The molecule has 0 amide bonds. The third-order valence-electron chi connectivity index (χ3n) is 3.59. The summed E-state index contributed by atoms with van der Waals surface area (Å²) in [7, 11) is 0. The Hall–Kier alpha value is -2.09. The molecular formula is C17H16O2. The summed E-state index contributed by atoms with van der Waals surface area (Å²) in [5, 5.41) is 0. The molecule has 1 saturated carbocycles. The number of carbonyl (C=O) groups excluding carboxylic acids is 1. The molecule has 1 aliphatic carbocycles. The zero-order chi connectivity index (χ0) is 13.1. The van der Waals surface area contributed by atoms with Crippen molar-refractivity contribution in [3.63, 3.8) is 0 Å². The van der Waals surface area contributed by atoms with Crippen LogP contribution in [-0.2, 0) is 4.74 Å². The maximum atomic E-state index is 11.8. The molecule has 2 aromatic carbocycles. The summed E-state index contributed by atoms with van der Waals surface area (Å²) >= 11 is 0. The fraction of sp³-hybridized carbons (Fsp3) is 0.235. The smallest absolute Gasteiger partial charge is 0.338 e. The van der Waals surface area contributed by atoms with Gasteiger partial charge in [-0.1, -0.05) is 48.5 Å². The molecule has 0 bridgehead atoms. The van der Waals surface area contributed by atoms with Crippen LogP contribution in [0.15, 0.2) is 60.7 Å². The van der Waals surface area contributed by atoms with Crippen LogP contribution < -0.4 is 0 Å². The van der Waals surface area contributed by atoms with E-state index in [4.69, 9.17) is 4.74 Å². The molecule has 2 atom stereocenters. The van der Waals surface area contributed by atoms with Crippen LogP contribution >= 0.6 is 0 Å². The number of ether oxygens (including phenoxy) is 1. The number of rotatable bonds is 4. The van der Waals surface area contributed by atoms with Crippen LogP contribution in [0.25, 0.3) is 0 Å². The molecule has 0 aliphatic heterocycles. The van der Waals surface area contributed by atoms with Gasteiger partial charge in [-0.3, -0.25) is 0 Å². The van der Waals surface area contributed by atoms with Crippen molar-refractivity contribution in [1.29, 1.82) is 0 Å². The van der Waals surface area contributed by atoms with Crippen molar-refractivity contribution in [2.24, 2.45) is 5.92 Å². The lowest BCUT2D eigenvalue weighted by Crippen LogP contribution is -2.07.